The van der Waals surface area contributed by atoms with Gasteiger partial charge >= 0.3 is 0 Å². The number of Topliss-reactive ketones (excluding diaryl/α,β-unsaturated/α-hetero) is 1. The Labute approximate surface area is 172 Å². The van der Waals surface area contributed by atoms with E-state index in [1.54, 1.807) is 30.3 Å². The van der Waals surface area contributed by atoms with E-state index < -0.39 is 17.7 Å². The predicted molar refractivity (Wildman–Crippen MR) is 108 cm³/mol. The van der Waals surface area contributed by atoms with Gasteiger partial charge < -0.3 is 14.8 Å². The number of ether oxygens (including phenoxy) is 2. The van der Waals surface area contributed by atoms with Crippen LogP contribution in [0.3, 0.4) is 0 Å². The number of carbonyl (C=O) groups is 2. The first kappa shape index (κ1) is 21.7. The molecule has 0 saturated carbocycles. The van der Waals surface area contributed by atoms with Crippen LogP contribution in [-0.2, 0) is 9.59 Å². The number of anilines is 1. The third kappa shape index (κ3) is 4.99. The Kier molecular flexibility index (Phi) is 7.37. The van der Waals surface area contributed by atoms with Crippen molar-refractivity contribution in [3.63, 3.8) is 0 Å². The van der Waals surface area contributed by atoms with Gasteiger partial charge in [-0.15, -0.1) is 0 Å². The molecule has 0 heterocycles. The molecule has 2 aromatic carbocycles. The number of hydrogen-bond donors (Lipinski definition) is 1. The van der Waals surface area contributed by atoms with Crippen LogP contribution in [0.25, 0.3) is 0 Å². The highest BCUT2D eigenvalue weighted by Crippen LogP contribution is 2.39. The molecule has 0 aliphatic carbocycles. The second kappa shape index (κ2) is 9.52. The Balaban J connectivity index is 2.26. The van der Waals surface area contributed by atoms with Gasteiger partial charge in [0.15, 0.2) is 11.5 Å². The lowest BCUT2D eigenvalue weighted by atomic mass is 10.2. The summed E-state index contributed by atoms with van der Waals surface area (Å²) >= 11 is 12.2. The normalized spacial score (nSPS) is 11.9. The van der Waals surface area contributed by atoms with Crippen molar-refractivity contribution in [3.8, 4) is 11.5 Å². The Bertz CT molecular complexity index is 932. The van der Waals surface area contributed by atoms with E-state index in [0.29, 0.717) is 16.5 Å². The van der Waals surface area contributed by atoms with Crippen LogP contribution in [0.5, 0.6) is 11.5 Å². The van der Waals surface area contributed by atoms with E-state index in [0.717, 1.165) is 5.56 Å². The average molecular weight is 424 g/mol. The van der Waals surface area contributed by atoms with Gasteiger partial charge in [-0.2, -0.15) is 10.2 Å². The summed E-state index contributed by atoms with van der Waals surface area (Å²) in [6.45, 7) is 3.07. The number of amides is 1. The van der Waals surface area contributed by atoms with Gasteiger partial charge in [-0.05, 0) is 49.7 Å². The maximum atomic E-state index is 12.6. The number of rotatable bonds is 7. The van der Waals surface area contributed by atoms with Crippen LogP contribution in [0.4, 0.5) is 11.4 Å². The number of carbonyl (C=O) groups excluding carboxylic acids is 2. The molecule has 7 nitrogen and oxygen atoms in total. The quantitative estimate of drug-likeness (QED) is 0.501. The van der Waals surface area contributed by atoms with Crippen molar-refractivity contribution < 1.29 is 19.1 Å². The van der Waals surface area contributed by atoms with Gasteiger partial charge in [0, 0.05) is 5.02 Å². The molecular weight excluding hydrogens is 405 g/mol. The van der Waals surface area contributed by atoms with Crippen molar-refractivity contribution in [2.75, 3.05) is 19.5 Å². The lowest BCUT2D eigenvalue weighted by Crippen LogP contribution is -2.32. The summed E-state index contributed by atoms with van der Waals surface area (Å²) in [4.78, 5) is 24.5. The largest absolute Gasteiger partial charge is 0.495 e. The Morgan fingerprint density at radius 1 is 1.11 bits per heavy atom. The number of hydrogen-bond acceptors (Lipinski definition) is 6. The first-order valence-electron chi connectivity index (χ1n) is 8.17. The zero-order chi connectivity index (χ0) is 20.8. The van der Waals surface area contributed by atoms with Crippen molar-refractivity contribution >= 4 is 46.3 Å². The van der Waals surface area contributed by atoms with Crippen molar-refractivity contribution in [2.45, 2.75) is 19.9 Å². The molecule has 9 heteroatoms. The number of benzene rings is 2. The molecule has 0 aromatic heterocycles. The van der Waals surface area contributed by atoms with Crippen molar-refractivity contribution in [1.82, 2.24) is 0 Å². The van der Waals surface area contributed by atoms with Gasteiger partial charge in [-0.3, -0.25) is 9.59 Å². The molecule has 1 unspecified atom stereocenters. The number of methoxy groups -OCH3 is 2. The summed E-state index contributed by atoms with van der Waals surface area (Å²) in [5.41, 5.74) is 1.56. The van der Waals surface area contributed by atoms with Gasteiger partial charge in [0.25, 0.3) is 5.91 Å². The standard InChI is InChI=1S/C19H19Cl2N3O4/c1-10-9-12(5-6-13(10)20)23-24-17(11(2)25)19(26)22-14-7-8-15(27-3)16(21)18(14)28-4/h5-9,17H,1-4H3,(H,22,26). The summed E-state index contributed by atoms with van der Waals surface area (Å²) in [6.07, 6.45) is 0. The minimum absolute atomic E-state index is 0.195. The maximum absolute atomic E-state index is 12.6. The van der Waals surface area contributed by atoms with E-state index in [-0.39, 0.29) is 16.5 Å². The van der Waals surface area contributed by atoms with Gasteiger partial charge in [0.2, 0.25) is 6.04 Å². The fourth-order valence-electron chi connectivity index (χ4n) is 2.33. The molecule has 0 aliphatic rings. The van der Waals surface area contributed by atoms with Gasteiger partial charge in [-0.25, -0.2) is 0 Å². The highest BCUT2D eigenvalue weighted by atomic mass is 35.5. The molecule has 0 fully saturated rings. The SMILES string of the molecule is COc1ccc(NC(=O)C(N=Nc2ccc(Cl)c(C)c2)C(C)=O)c(OC)c1Cl. The monoisotopic (exact) mass is 423 g/mol. The first-order chi connectivity index (χ1) is 13.3. The molecule has 2 aromatic rings. The highest BCUT2D eigenvalue weighted by Gasteiger charge is 2.25. The van der Waals surface area contributed by atoms with Crippen LogP contribution >= 0.6 is 23.2 Å². The van der Waals surface area contributed by atoms with Gasteiger partial charge in [0.1, 0.15) is 10.8 Å². The second-order valence-corrected chi connectivity index (χ2v) is 6.60. The van der Waals surface area contributed by atoms with Crippen LogP contribution in [0.1, 0.15) is 12.5 Å². The van der Waals surface area contributed by atoms with Gasteiger partial charge in [-0.1, -0.05) is 23.2 Å². The fraction of sp³-hybridized carbons (Fsp3) is 0.263. The first-order valence-corrected chi connectivity index (χ1v) is 8.92. The number of aryl methyl sites for hydroxylation is 1. The van der Waals surface area contributed by atoms with E-state index in [4.69, 9.17) is 32.7 Å². The summed E-state index contributed by atoms with van der Waals surface area (Å²) in [5, 5.41) is 11.3. The molecule has 0 saturated heterocycles. The number of azo groups is 1. The summed E-state index contributed by atoms with van der Waals surface area (Å²) < 4.78 is 10.4. The molecule has 2 rings (SSSR count). The summed E-state index contributed by atoms with van der Waals surface area (Å²) in [7, 11) is 2.87. The number of nitrogens with zero attached hydrogens (tertiary/aromatic N) is 2. The predicted octanol–water partition coefficient (Wildman–Crippen LogP) is 5.00. The minimum Gasteiger partial charge on any atom is -0.495 e. The van der Waals surface area contributed by atoms with Crippen LogP contribution in [-0.4, -0.2) is 32.0 Å². The number of halogens is 2. The third-order valence-corrected chi connectivity index (χ3v) is 4.59. The van der Waals surface area contributed by atoms with Crippen molar-refractivity contribution in [1.29, 1.82) is 0 Å². The zero-order valence-corrected chi connectivity index (χ0v) is 17.3. The Morgan fingerprint density at radius 2 is 1.82 bits per heavy atom. The van der Waals surface area contributed by atoms with E-state index in [1.165, 1.54) is 21.1 Å². The molecule has 1 atom stereocenters. The third-order valence-electron chi connectivity index (χ3n) is 3.81. The van der Waals surface area contributed by atoms with Crippen LogP contribution in [0, 0.1) is 6.92 Å². The van der Waals surface area contributed by atoms with Crippen LogP contribution in [0.2, 0.25) is 10.0 Å². The molecule has 0 bridgehead atoms. The average Bonchev–Trinajstić information content (AvgIpc) is 2.65. The second-order valence-electron chi connectivity index (χ2n) is 5.81. The van der Waals surface area contributed by atoms with Crippen molar-refractivity contribution in [2.24, 2.45) is 10.2 Å². The van der Waals surface area contributed by atoms with E-state index >= 15 is 0 Å². The van der Waals surface area contributed by atoms with E-state index in [9.17, 15) is 9.59 Å². The highest BCUT2D eigenvalue weighted by molar-refractivity contribution is 6.34. The molecule has 1 N–H and O–H groups in total. The molecule has 28 heavy (non-hydrogen) atoms. The molecule has 0 spiro atoms. The molecule has 0 aliphatic heterocycles. The zero-order valence-electron chi connectivity index (χ0n) is 15.7. The molecule has 1 amide bonds. The fourth-order valence-corrected chi connectivity index (χ4v) is 2.77. The lowest BCUT2D eigenvalue weighted by molar-refractivity contribution is -0.126. The Morgan fingerprint density at radius 3 is 2.39 bits per heavy atom. The van der Waals surface area contributed by atoms with Crippen LogP contribution < -0.4 is 14.8 Å². The smallest absolute Gasteiger partial charge is 0.258 e. The summed E-state index contributed by atoms with van der Waals surface area (Å²) in [6, 6.07) is 6.80. The van der Waals surface area contributed by atoms with E-state index in [1.807, 2.05) is 6.92 Å². The van der Waals surface area contributed by atoms with E-state index in [2.05, 4.69) is 15.5 Å². The topological polar surface area (TPSA) is 89.4 Å². The Hall–Kier alpha value is -2.64. The molecule has 148 valence electrons. The van der Waals surface area contributed by atoms with Gasteiger partial charge in [0.05, 0.1) is 25.6 Å². The van der Waals surface area contributed by atoms with Crippen molar-refractivity contribution in [3.05, 3.63) is 45.9 Å². The maximum Gasteiger partial charge on any atom is 0.258 e. The number of nitrogens with one attached hydrogen (secondary N) is 1. The van der Waals surface area contributed by atoms with Crippen LogP contribution in [0.15, 0.2) is 40.6 Å². The lowest BCUT2D eigenvalue weighted by Gasteiger charge is -2.15. The molecule has 0 radical (unpaired) electrons. The minimum atomic E-state index is -1.33. The molecular formula is C19H19Cl2N3O4. The summed E-state index contributed by atoms with van der Waals surface area (Å²) in [5.74, 6) is -0.536. The number of ketones is 1.